The van der Waals surface area contributed by atoms with Crippen LogP contribution in [0, 0.1) is 5.92 Å². The van der Waals surface area contributed by atoms with Crippen LogP contribution in [0.1, 0.15) is 32.0 Å². The molecule has 0 saturated carbocycles. The van der Waals surface area contributed by atoms with Gasteiger partial charge in [0.15, 0.2) is 11.5 Å². The molecule has 1 aliphatic heterocycles. The minimum Gasteiger partial charge on any atom is -0.609 e. The molecule has 0 aliphatic carbocycles. The Morgan fingerprint density at radius 3 is 2.68 bits per heavy atom. The summed E-state index contributed by atoms with van der Waals surface area (Å²) in [4.78, 5) is 12.1. The van der Waals surface area contributed by atoms with Crippen LogP contribution >= 0.6 is 0 Å². The van der Waals surface area contributed by atoms with Gasteiger partial charge in [-0.2, -0.15) is 4.98 Å². The SMILES string of the molecule is CCc1c(OCC2COC(C)(C)OC2)ccnc1C[S+]([O-])c1nc2ccccc2[nH]1.[Na]. The van der Waals surface area contributed by atoms with E-state index in [0.717, 1.165) is 34.5 Å². The molecule has 1 N–H and O–H groups in total. The zero-order valence-corrected chi connectivity index (χ0v) is 21.3. The number of nitrogens with zero attached hydrogens (tertiary/aromatic N) is 2. The van der Waals surface area contributed by atoms with E-state index in [1.54, 1.807) is 6.20 Å². The van der Waals surface area contributed by atoms with Crippen molar-refractivity contribution < 1.29 is 18.8 Å². The fourth-order valence-electron chi connectivity index (χ4n) is 3.41. The molecule has 1 aromatic carbocycles. The van der Waals surface area contributed by atoms with Crippen molar-refractivity contribution in [3.8, 4) is 5.75 Å². The van der Waals surface area contributed by atoms with E-state index in [1.807, 2.05) is 51.1 Å². The molecule has 4 rings (SSSR count). The Hall–Kier alpha value is -1.13. The maximum absolute atomic E-state index is 12.9. The standard InChI is InChI=1S/C22H27N3O4S.Na/c1-4-16-19(14-30(26)21-24-17-7-5-6-8-18(17)25-21)23-10-9-20(16)27-11-15-12-28-22(2,3)29-13-15;/h5-10,15H,4,11-14H2,1-3H3,(H,24,25);. The van der Waals surface area contributed by atoms with Crippen LogP contribution in [0.2, 0.25) is 0 Å². The molecule has 9 heteroatoms. The third-order valence-electron chi connectivity index (χ3n) is 5.11. The van der Waals surface area contributed by atoms with Gasteiger partial charge in [-0.05, 0) is 38.5 Å². The van der Waals surface area contributed by atoms with E-state index in [1.165, 1.54) is 0 Å². The Bertz CT molecular complexity index is 970. The van der Waals surface area contributed by atoms with Crippen LogP contribution in [0.4, 0.5) is 0 Å². The quantitative estimate of drug-likeness (QED) is 0.437. The van der Waals surface area contributed by atoms with Crippen LogP contribution in [0.3, 0.4) is 0 Å². The van der Waals surface area contributed by atoms with E-state index in [4.69, 9.17) is 14.2 Å². The Balaban J connectivity index is 0.00000272. The van der Waals surface area contributed by atoms with E-state index in [2.05, 4.69) is 15.0 Å². The molecule has 7 nitrogen and oxygen atoms in total. The summed E-state index contributed by atoms with van der Waals surface area (Å²) in [6.07, 6.45) is 2.44. The molecule has 3 heterocycles. The Kier molecular flexibility index (Phi) is 8.43. The van der Waals surface area contributed by atoms with Gasteiger partial charge in [0, 0.05) is 58.4 Å². The third kappa shape index (κ3) is 6.01. The molecule has 0 amide bonds. The van der Waals surface area contributed by atoms with E-state index in [-0.39, 0.29) is 41.2 Å². The molecule has 0 spiro atoms. The van der Waals surface area contributed by atoms with Gasteiger partial charge in [0.2, 0.25) is 0 Å². The van der Waals surface area contributed by atoms with Crippen LogP contribution < -0.4 is 4.74 Å². The maximum Gasteiger partial charge on any atom is 0.322 e. The predicted molar refractivity (Wildman–Crippen MR) is 121 cm³/mol. The summed E-state index contributed by atoms with van der Waals surface area (Å²) >= 11 is -1.33. The molecule has 1 unspecified atom stereocenters. The van der Waals surface area contributed by atoms with Gasteiger partial charge < -0.3 is 18.8 Å². The normalized spacial score (nSPS) is 17.3. The van der Waals surface area contributed by atoms with Gasteiger partial charge in [-0.3, -0.25) is 9.97 Å². The van der Waals surface area contributed by atoms with Gasteiger partial charge >= 0.3 is 5.16 Å². The van der Waals surface area contributed by atoms with Crippen LogP contribution in [0.5, 0.6) is 5.75 Å². The van der Waals surface area contributed by atoms with Crippen molar-refractivity contribution in [3.05, 3.63) is 47.8 Å². The molecule has 1 aliphatic rings. The number of nitrogens with one attached hydrogen (secondary N) is 1. The Labute approximate surface area is 207 Å². The molecule has 3 aromatic rings. The number of pyridine rings is 1. The van der Waals surface area contributed by atoms with E-state index in [0.29, 0.717) is 25.0 Å². The van der Waals surface area contributed by atoms with E-state index >= 15 is 0 Å². The fourth-order valence-corrected chi connectivity index (χ4v) is 4.47. The van der Waals surface area contributed by atoms with Crippen molar-refractivity contribution in [3.63, 3.8) is 0 Å². The first-order chi connectivity index (χ1) is 14.4. The van der Waals surface area contributed by atoms with Crippen molar-refractivity contribution >= 4 is 51.8 Å². The summed E-state index contributed by atoms with van der Waals surface area (Å²) in [6.45, 7) is 7.57. The van der Waals surface area contributed by atoms with Crippen LogP contribution in [0.25, 0.3) is 11.0 Å². The average molecular weight is 453 g/mol. The first-order valence-corrected chi connectivity index (χ1v) is 11.5. The number of fused-ring (bicyclic) bond motifs is 1. The maximum atomic E-state index is 12.9. The van der Waals surface area contributed by atoms with Gasteiger partial charge in [0.05, 0.1) is 36.5 Å². The topological polar surface area (TPSA) is 92.3 Å². The summed E-state index contributed by atoms with van der Waals surface area (Å²) < 4.78 is 30.4. The fraction of sp³-hybridized carbons (Fsp3) is 0.455. The minimum absolute atomic E-state index is 0. The predicted octanol–water partition coefficient (Wildman–Crippen LogP) is 3.23. The van der Waals surface area contributed by atoms with Crippen LogP contribution in [0.15, 0.2) is 41.7 Å². The van der Waals surface area contributed by atoms with Crippen molar-refractivity contribution in [1.82, 2.24) is 15.0 Å². The Morgan fingerprint density at radius 1 is 1.23 bits per heavy atom. The van der Waals surface area contributed by atoms with Gasteiger partial charge in [0.25, 0.3) is 0 Å². The summed E-state index contributed by atoms with van der Waals surface area (Å²) in [6, 6.07) is 9.52. The number of rotatable bonds is 7. The number of para-hydroxylation sites is 2. The molecule has 2 aromatic heterocycles. The first-order valence-electron chi connectivity index (χ1n) is 10.2. The van der Waals surface area contributed by atoms with Gasteiger partial charge in [-0.1, -0.05) is 19.1 Å². The molecule has 161 valence electrons. The summed E-state index contributed by atoms with van der Waals surface area (Å²) in [7, 11) is 0. The molecular weight excluding hydrogens is 425 g/mol. The van der Waals surface area contributed by atoms with Gasteiger partial charge in [-0.25, -0.2) is 0 Å². The number of hydrogen-bond acceptors (Lipinski definition) is 6. The molecule has 1 radical (unpaired) electrons. The minimum atomic E-state index is -1.33. The summed E-state index contributed by atoms with van der Waals surface area (Å²) in [5.74, 6) is 0.692. The molecule has 0 bridgehead atoms. The van der Waals surface area contributed by atoms with Crippen molar-refractivity contribution in [1.29, 1.82) is 0 Å². The first kappa shape index (κ1) is 24.5. The number of benzene rings is 1. The molecular formula is C22H27N3NaO4S. The monoisotopic (exact) mass is 452 g/mol. The second kappa shape index (κ2) is 10.7. The Morgan fingerprint density at radius 2 is 1.97 bits per heavy atom. The average Bonchev–Trinajstić information content (AvgIpc) is 3.17. The van der Waals surface area contributed by atoms with Crippen LogP contribution in [-0.2, 0) is 32.8 Å². The number of imidazole rings is 1. The largest absolute Gasteiger partial charge is 0.609 e. The number of aromatic nitrogens is 3. The molecule has 31 heavy (non-hydrogen) atoms. The van der Waals surface area contributed by atoms with E-state index < -0.39 is 17.0 Å². The molecule has 1 saturated heterocycles. The second-order valence-corrected chi connectivity index (χ2v) is 9.20. The number of H-pyrrole nitrogens is 1. The molecule has 1 atom stereocenters. The van der Waals surface area contributed by atoms with Crippen molar-refractivity contribution in [2.75, 3.05) is 19.8 Å². The van der Waals surface area contributed by atoms with E-state index in [9.17, 15) is 4.55 Å². The second-order valence-electron chi connectivity index (χ2n) is 7.84. The molecule has 1 fully saturated rings. The zero-order chi connectivity index (χ0) is 21.1. The number of aromatic amines is 1. The number of hydrogen-bond donors (Lipinski definition) is 1. The van der Waals surface area contributed by atoms with Gasteiger partial charge in [0.1, 0.15) is 5.75 Å². The third-order valence-corrected chi connectivity index (χ3v) is 6.27. The summed E-state index contributed by atoms with van der Waals surface area (Å²) in [5.41, 5.74) is 3.43. The van der Waals surface area contributed by atoms with Gasteiger partial charge in [-0.15, -0.1) is 0 Å². The summed E-state index contributed by atoms with van der Waals surface area (Å²) in [5, 5.41) is 0.463. The van der Waals surface area contributed by atoms with Crippen molar-refractivity contribution in [2.24, 2.45) is 5.92 Å². The van der Waals surface area contributed by atoms with Crippen molar-refractivity contribution in [2.45, 2.75) is 43.9 Å². The number of ether oxygens (including phenoxy) is 3. The zero-order valence-electron chi connectivity index (χ0n) is 18.5. The van der Waals surface area contributed by atoms with Crippen LogP contribution in [-0.4, -0.2) is 74.7 Å². The smallest absolute Gasteiger partial charge is 0.322 e.